The third kappa shape index (κ3) is 6.71. The van der Waals surface area contributed by atoms with Crippen molar-refractivity contribution in [1.82, 2.24) is 5.32 Å². The summed E-state index contributed by atoms with van der Waals surface area (Å²) in [7, 11) is 0. The third-order valence-corrected chi connectivity index (χ3v) is 3.21. The second kappa shape index (κ2) is 7.44. The van der Waals surface area contributed by atoms with Gasteiger partial charge in [0.05, 0.1) is 0 Å². The topological polar surface area (TPSA) is 55.1 Å². The first-order chi connectivity index (χ1) is 9.30. The van der Waals surface area contributed by atoms with E-state index in [-0.39, 0.29) is 11.3 Å². The lowest BCUT2D eigenvalue weighted by molar-refractivity contribution is -0.122. The number of nitrogens with two attached hydrogens (primary N) is 1. The SMILES string of the molecule is CC(CC(=O)NCc1cccc(CN)c1)CC(C)(C)C. The Morgan fingerprint density at radius 1 is 1.30 bits per heavy atom. The van der Waals surface area contributed by atoms with Crippen LogP contribution in [0.4, 0.5) is 0 Å². The fraction of sp³-hybridized carbons (Fsp3) is 0.588. The molecule has 1 aromatic rings. The molecule has 0 saturated heterocycles. The predicted octanol–water partition coefficient (Wildman–Crippen LogP) is 3.22. The normalized spacial score (nSPS) is 13.1. The Bertz CT molecular complexity index is 435. The van der Waals surface area contributed by atoms with Crippen molar-refractivity contribution in [2.75, 3.05) is 0 Å². The van der Waals surface area contributed by atoms with Gasteiger partial charge in [-0.2, -0.15) is 0 Å². The van der Waals surface area contributed by atoms with E-state index in [1.807, 2.05) is 24.3 Å². The van der Waals surface area contributed by atoms with Crippen LogP contribution in [0, 0.1) is 11.3 Å². The summed E-state index contributed by atoms with van der Waals surface area (Å²) in [6.07, 6.45) is 1.65. The Kier molecular flexibility index (Phi) is 6.21. The van der Waals surface area contributed by atoms with Crippen LogP contribution in [-0.2, 0) is 17.9 Å². The number of carbonyl (C=O) groups is 1. The largest absolute Gasteiger partial charge is 0.352 e. The maximum Gasteiger partial charge on any atom is 0.220 e. The molecule has 1 unspecified atom stereocenters. The van der Waals surface area contributed by atoms with E-state index < -0.39 is 0 Å². The van der Waals surface area contributed by atoms with E-state index in [0.717, 1.165) is 17.5 Å². The molecule has 0 aliphatic heterocycles. The summed E-state index contributed by atoms with van der Waals surface area (Å²) in [5.74, 6) is 0.533. The van der Waals surface area contributed by atoms with E-state index >= 15 is 0 Å². The minimum Gasteiger partial charge on any atom is -0.352 e. The van der Waals surface area contributed by atoms with Crippen LogP contribution in [0.3, 0.4) is 0 Å². The average molecular weight is 276 g/mol. The second-order valence-corrected chi connectivity index (χ2v) is 6.87. The molecule has 0 aliphatic carbocycles. The molecule has 3 N–H and O–H groups in total. The quantitative estimate of drug-likeness (QED) is 0.838. The fourth-order valence-corrected chi connectivity index (χ4v) is 2.57. The van der Waals surface area contributed by atoms with Crippen molar-refractivity contribution in [3.63, 3.8) is 0 Å². The molecular weight excluding hydrogens is 248 g/mol. The van der Waals surface area contributed by atoms with Crippen LogP contribution in [0.25, 0.3) is 0 Å². The number of carbonyl (C=O) groups excluding carboxylic acids is 1. The first-order valence-electron chi connectivity index (χ1n) is 7.35. The maximum atomic E-state index is 11.9. The zero-order chi connectivity index (χ0) is 15.2. The second-order valence-electron chi connectivity index (χ2n) is 6.87. The van der Waals surface area contributed by atoms with Crippen molar-refractivity contribution in [2.24, 2.45) is 17.1 Å². The Balaban J connectivity index is 2.39. The molecule has 0 aliphatic rings. The first-order valence-corrected chi connectivity index (χ1v) is 7.35. The maximum absolute atomic E-state index is 11.9. The lowest BCUT2D eigenvalue weighted by Crippen LogP contribution is -2.25. The van der Waals surface area contributed by atoms with E-state index in [1.54, 1.807) is 0 Å². The highest BCUT2D eigenvalue weighted by Crippen LogP contribution is 2.25. The number of benzene rings is 1. The van der Waals surface area contributed by atoms with Crippen LogP contribution < -0.4 is 11.1 Å². The number of hydrogen-bond acceptors (Lipinski definition) is 2. The molecule has 3 heteroatoms. The highest BCUT2D eigenvalue weighted by atomic mass is 16.1. The van der Waals surface area contributed by atoms with Gasteiger partial charge in [0.1, 0.15) is 0 Å². The van der Waals surface area contributed by atoms with Gasteiger partial charge in [-0.3, -0.25) is 4.79 Å². The van der Waals surface area contributed by atoms with Crippen molar-refractivity contribution in [3.8, 4) is 0 Å². The summed E-state index contributed by atoms with van der Waals surface area (Å²) >= 11 is 0. The highest BCUT2D eigenvalue weighted by molar-refractivity contribution is 5.76. The van der Waals surface area contributed by atoms with Gasteiger partial charge in [0.15, 0.2) is 0 Å². The summed E-state index contributed by atoms with van der Waals surface area (Å²) in [4.78, 5) is 11.9. The Morgan fingerprint density at radius 2 is 1.95 bits per heavy atom. The number of amides is 1. The molecule has 1 atom stereocenters. The van der Waals surface area contributed by atoms with Crippen molar-refractivity contribution in [3.05, 3.63) is 35.4 Å². The van der Waals surface area contributed by atoms with Crippen LogP contribution in [0.15, 0.2) is 24.3 Å². The molecule has 20 heavy (non-hydrogen) atoms. The van der Waals surface area contributed by atoms with Gasteiger partial charge in [0, 0.05) is 19.5 Å². The predicted molar refractivity (Wildman–Crippen MR) is 84.0 cm³/mol. The number of hydrogen-bond donors (Lipinski definition) is 2. The van der Waals surface area contributed by atoms with Gasteiger partial charge in [-0.05, 0) is 28.9 Å². The molecule has 0 saturated carbocycles. The molecule has 0 fully saturated rings. The van der Waals surface area contributed by atoms with Gasteiger partial charge in [-0.1, -0.05) is 52.0 Å². The van der Waals surface area contributed by atoms with Gasteiger partial charge in [-0.15, -0.1) is 0 Å². The third-order valence-electron chi connectivity index (χ3n) is 3.21. The van der Waals surface area contributed by atoms with Gasteiger partial charge < -0.3 is 11.1 Å². The molecular formula is C17H28N2O. The van der Waals surface area contributed by atoms with Crippen molar-refractivity contribution >= 4 is 5.91 Å². The van der Waals surface area contributed by atoms with E-state index in [1.165, 1.54) is 0 Å². The summed E-state index contributed by atoms with van der Waals surface area (Å²) < 4.78 is 0. The molecule has 3 nitrogen and oxygen atoms in total. The molecule has 0 spiro atoms. The summed E-state index contributed by atoms with van der Waals surface area (Å²) in [6, 6.07) is 8.03. The molecule has 112 valence electrons. The van der Waals surface area contributed by atoms with Gasteiger partial charge >= 0.3 is 0 Å². The van der Waals surface area contributed by atoms with Crippen LogP contribution >= 0.6 is 0 Å². The highest BCUT2D eigenvalue weighted by Gasteiger charge is 2.17. The lowest BCUT2D eigenvalue weighted by Gasteiger charge is -2.22. The molecule has 0 radical (unpaired) electrons. The van der Waals surface area contributed by atoms with E-state index in [2.05, 4.69) is 33.0 Å². The van der Waals surface area contributed by atoms with E-state index in [0.29, 0.717) is 25.4 Å². The molecule has 0 heterocycles. The summed E-state index contributed by atoms with van der Waals surface area (Å²) in [6.45, 7) is 9.87. The first kappa shape index (κ1) is 16.7. The van der Waals surface area contributed by atoms with Gasteiger partial charge in [0.2, 0.25) is 5.91 Å². The average Bonchev–Trinajstić information content (AvgIpc) is 2.34. The smallest absolute Gasteiger partial charge is 0.220 e. The van der Waals surface area contributed by atoms with Crippen molar-refractivity contribution in [1.29, 1.82) is 0 Å². The van der Waals surface area contributed by atoms with E-state index in [4.69, 9.17) is 5.73 Å². The monoisotopic (exact) mass is 276 g/mol. The van der Waals surface area contributed by atoms with Gasteiger partial charge in [-0.25, -0.2) is 0 Å². The van der Waals surface area contributed by atoms with Crippen LogP contribution in [0.2, 0.25) is 0 Å². The Hall–Kier alpha value is -1.35. The zero-order valence-corrected chi connectivity index (χ0v) is 13.2. The Morgan fingerprint density at radius 3 is 2.55 bits per heavy atom. The van der Waals surface area contributed by atoms with Crippen LogP contribution in [0.1, 0.15) is 51.7 Å². The Labute approximate surface area is 122 Å². The van der Waals surface area contributed by atoms with Crippen LogP contribution in [-0.4, -0.2) is 5.91 Å². The van der Waals surface area contributed by atoms with Crippen molar-refractivity contribution < 1.29 is 4.79 Å². The molecule has 1 amide bonds. The van der Waals surface area contributed by atoms with Crippen LogP contribution in [0.5, 0.6) is 0 Å². The van der Waals surface area contributed by atoms with E-state index in [9.17, 15) is 4.79 Å². The minimum atomic E-state index is 0.125. The number of nitrogens with one attached hydrogen (secondary N) is 1. The molecule has 0 bridgehead atoms. The molecule has 1 aromatic carbocycles. The summed E-state index contributed by atoms with van der Waals surface area (Å²) in [5, 5.41) is 2.99. The number of rotatable bonds is 6. The molecule has 1 rings (SSSR count). The van der Waals surface area contributed by atoms with Gasteiger partial charge in [0.25, 0.3) is 0 Å². The summed E-state index contributed by atoms with van der Waals surface area (Å²) in [5.41, 5.74) is 8.08. The van der Waals surface area contributed by atoms with Crippen molar-refractivity contribution in [2.45, 2.75) is 53.6 Å². The zero-order valence-electron chi connectivity index (χ0n) is 13.2. The standard InChI is InChI=1S/C17H28N2O/c1-13(10-17(2,3)4)8-16(20)19-12-15-7-5-6-14(9-15)11-18/h5-7,9,13H,8,10-12,18H2,1-4H3,(H,19,20). The fourth-order valence-electron chi connectivity index (χ4n) is 2.57. The molecule has 0 aromatic heterocycles. The minimum absolute atomic E-state index is 0.125. The lowest BCUT2D eigenvalue weighted by atomic mass is 9.84.